The number of fused-ring (bicyclic) bond motifs is 1. The summed E-state index contributed by atoms with van der Waals surface area (Å²) in [5, 5.41) is 0. The lowest BCUT2D eigenvalue weighted by atomic mass is 9.80. The molecule has 0 bridgehead atoms. The Labute approximate surface area is 124 Å². The average Bonchev–Trinajstić information content (AvgIpc) is 2.47. The first kappa shape index (κ1) is 14.2. The quantitative estimate of drug-likeness (QED) is 0.728. The zero-order valence-corrected chi connectivity index (χ0v) is 12.3. The van der Waals surface area contributed by atoms with Crippen molar-refractivity contribution in [3.05, 3.63) is 70.3 Å². The smallest absolute Gasteiger partial charge is 0.126 e. The molecule has 3 rings (SSSR count). The van der Waals surface area contributed by atoms with Crippen molar-refractivity contribution < 1.29 is 8.78 Å². The van der Waals surface area contributed by atoms with Crippen molar-refractivity contribution in [3.8, 4) is 0 Å². The molecule has 2 aromatic rings. The summed E-state index contributed by atoms with van der Waals surface area (Å²) in [7, 11) is 0. The lowest BCUT2D eigenvalue weighted by molar-refractivity contribution is 0.529. The maximum Gasteiger partial charge on any atom is 0.126 e. The predicted molar refractivity (Wildman–Crippen MR) is 81.6 cm³/mol. The Bertz CT molecular complexity index is 646. The summed E-state index contributed by atoms with van der Waals surface area (Å²) in [6.07, 6.45) is 4.50. The topological polar surface area (TPSA) is 0 Å². The highest BCUT2D eigenvalue weighted by molar-refractivity contribution is 5.35. The van der Waals surface area contributed by atoms with Crippen LogP contribution in [0.2, 0.25) is 0 Å². The van der Waals surface area contributed by atoms with Gasteiger partial charge < -0.3 is 0 Å². The molecule has 0 fully saturated rings. The zero-order chi connectivity index (χ0) is 14.8. The maximum atomic E-state index is 14.3. The second kappa shape index (κ2) is 5.97. The van der Waals surface area contributed by atoms with Crippen molar-refractivity contribution in [1.29, 1.82) is 0 Å². The van der Waals surface area contributed by atoms with E-state index in [4.69, 9.17) is 0 Å². The molecule has 1 atom stereocenters. The van der Waals surface area contributed by atoms with Gasteiger partial charge in [0, 0.05) is 0 Å². The Kier molecular flexibility index (Phi) is 4.05. The van der Waals surface area contributed by atoms with E-state index in [1.807, 2.05) is 18.2 Å². The number of rotatable bonds is 3. The van der Waals surface area contributed by atoms with Crippen LogP contribution in [-0.4, -0.2) is 0 Å². The van der Waals surface area contributed by atoms with Gasteiger partial charge in [-0.2, -0.15) is 0 Å². The summed E-state index contributed by atoms with van der Waals surface area (Å²) < 4.78 is 27.7. The summed E-state index contributed by atoms with van der Waals surface area (Å²) in [6.45, 7) is 2.10. The largest absolute Gasteiger partial charge is 0.207 e. The van der Waals surface area contributed by atoms with Crippen LogP contribution in [0.5, 0.6) is 0 Å². The van der Waals surface area contributed by atoms with Crippen molar-refractivity contribution in [2.75, 3.05) is 0 Å². The average molecular weight is 286 g/mol. The van der Waals surface area contributed by atoms with Gasteiger partial charge in [-0.1, -0.05) is 31.5 Å². The Morgan fingerprint density at radius 1 is 1.05 bits per heavy atom. The van der Waals surface area contributed by atoms with Gasteiger partial charge in [0.15, 0.2) is 0 Å². The molecule has 1 unspecified atom stereocenters. The second-order valence-corrected chi connectivity index (χ2v) is 5.96. The predicted octanol–water partition coefficient (Wildman–Crippen LogP) is 5.19. The SMILES string of the molecule is CCCc1ccc(C2CCc3ccc(F)cc3C2)c(F)c1. The van der Waals surface area contributed by atoms with E-state index in [-0.39, 0.29) is 17.6 Å². The molecule has 0 radical (unpaired) electrons. The monoisotopic (exact) mass is 286 g/mol. The third-order valence-electron chi connectivity index (χ3n) is 4.44. The molecule has 0 nitrogen and oxygen atoms in total. The number of hydrogen-bond acceptors (Lipinski definition) is 0. The van der Waals surface area contributed by atoms with E-state index in [1.54, 1.807) is 12.1 Å². The Balaban J connectivity index is 1.85. The van der Waals surface area contributed by atoms with Crippen LogP contribution in [-0.2, 0) is 19.3 Å². The Morgan fingerprint density at radius 2 is 1.90 bits per heavy atom. The summed E-state index contributed by atoms with van der Waals surface area (Å²) in [5.74, 6) is -0.144. The lowest BCUT2D eigenvalue weighted by Crippen LogP contribution is -2.14. The van der Waals surface area contributed by atoms with Crippen LogP contribution in [0.25, 0.3) is 0 Å². The number of aryl methyl sites for hydroxylation is 2. The van der Waals surface area contributed by atoms with Crippen molar-refractivity contribution in [3.63, 3.8) is 0 Å². The molecule has 0 spiro atoms. The van der Waals surface area contributed by atoms with Gasteiger partial charge in [-0.25, -0.2) is 8.78 Å². The summed E-state index contributed by atoms with van der Waals surface area (Å²) in [6, 6.07) is 10.6. The molecule has 0 aliphatic heterocycles. The maximum absolute atomic E-state index is 14.3. The molecule has 110 valence electrons. The number of benzene rings is 2. The van der Waals surface area contributed by atoms with Crippen LogP contribution in [0, 0.1) is 11.6 Å². The molecule has 1 aliphatic rings. The lowest BCUT2D eigenvalue weighted by Gasteiger charge is -2.25. The number of halogens is 2. The zero-order valence-electron chi connectivity index (χ0n) is 12.3. The van der Waals surface area contributed by atoms with Crippen LogP contribution in [0.1, 0.15) is 47.9 Å². The van der Waals surface area contributed by atoms with Gasteiger partial charge in [-0.15, -0.1) is 0 Å². The normalized spacial score (nSPS) is 17.6. The first-order valence-electron chi connectivity index (χ1n) is 7.73. The van der Waals surface area contributed by atoms with E-state index in [1.165, 1.54) is 11.6 Å². The summed E-state index contributed by atoms with van der Waals surface area (Å²) in [4.78, 5) is 0. The minimum atomic E-state index is -0.201. The molecule has 21 heavy (non-hydrogen) atoms. The van der Waals surface area contributed by atoms with E-state index in [0.29, 0.717) is 0 Å². The van der Waals surface area contributed by atoms with Crippen molar-refractivity contribution in [1.82, 2.24) is 0 Å². The molecule has 0 aromatic heterocycles. The van der Waals surface area contributed by atoms with E-state index < -0.39 is 0 Å². The second-order valence-electron chi connectivity index (χ2n) is 5.96. The fourth-order valence-corrected chi connectivity index (χ4v) is 3.34. The van der Waals surface area contributed by atoms with Gasteiger partial charge in [0.1, 0.15) is 11.6 Å². The molecule has 0 N–H and O–H groups in total. The first-order chi connectivity index (χ1) is 10.2. The van der Waals surface area contributed by atoms with Gasteiger partial charge in [0.25, 0.3) is 0 Å². The minimum Gasteiger partial charge on any atom is -0.207 e. The molecule has 0 amide bonds. The molecule has 1 aliphatic carbocycles. The van der Waals surface area contributed by atoms with Crippen molar-refractivity contribution in [2.24, 2.45) is 0 Å². The van der Waals surface area contributed by atoms with Gasteiger partial charge >= 0.3 is 0 Å². The third kappa shape index (κ3) is 2.99. The van der Waals surface area contributed by atoms with E-state index in [2.05, 4.69) is 6.92 Å². The van der Waals surface area contributed by atoms with Crippen LogP contribution in [0.3, 0.4) is 0 Å². The molecular formula is C19H20F2. The standard InChI is InChI=1S/C19H20F2/c1-2-3-13-4-9-18(19(21)10-13)15-6-5-14-7-8-17(20)12-16(14)11-15/h4,7-10,12,15H,2-3,5-6,11H2,1H3. The van der Waals surface area contributed by atoms with Crippen LogP contribution < -0.4 is 0 Å². The highest BCUT2D eigenvalue weighted by Gasteiger charge is 2.22. The highest BCUT2D eigenvalue weighted by atomic mass is 19.1. The van der Waals surface area contributed by atoms with Gasteiger partial charge in [0.2, 0.25) is 0 Å². The highest BCUT2D eigenvalue weighted by Crippen LogP contribution is 2.34. The Morgan fingerprint density at radius 3 is 2.67 bits per heavy atom. The third-order valence-corrected chi connectivity index (χ3v) is 4.44. The minimum absolute atomic E-state index is 0.106. The van der Waals surface area contributed by atoms with Crippen LogP contribution in [0.15, 0.2) is 36.4 Å². The number of hydrogen-bond donors (Lipinski definition) is 0. The fourth-order valence-electron chi connectivity index (χ4n) is 3.34. The van der Waals surface area contributed by atoms with Gasteiger partial charge in [0.05, 0.1) is 0 Å². The molecule has 2 aromatic carbocycles. The van der Waals surface area contributed by atoms with E-state index >= 15 is 0 Å². The fraction of sp³-hybridized carbons (Fsp3) is 0.368. The van der Waals surface area contributed by atoms with Gasteiger partial charge in [-0.3, -0.25) is 0 Å². The van der Waals surface area contributed by atoms with E-state index in [9.17, 15) is 8.78 Å². The summed E-state index contributed by atoms with van der Waals surface area (Å²) >= 11 is 0. The molecular weight excluding hydrogens is 266 g/mol. The molecule has 2 heteroatoms. The first-order valence-corrected chi connectivity index (χ1v) is 7.73. The molecule has 0 saturated heterocycles. The Hall–Kier alpha value is -1.70. The summed E-state index contributed by atoms with van der Waals surface area (Å²) in [5.41, 5.74) is 4.07. The van der Waals surface area contributed by atoms with E-state index in [0.717, 1.165) is 48.8 Å². The molecule has 0 saturated carbocycles. The van der Waals surface area contributed by atoms with Gasteiger partial charge in [-0.05, 0) is 72.1 Å². The van der Waals surface area contributed by atoms with Crippen molar-refractivity contribution in [2.45, 2.75) is 44.9 Å². The van der Waals surface area contributed by atoms with Crippen molar-refractivity contribution >= 4 is 0 Å². The van der Waals surface area contributed by atoms with Crippen LogP contribution in [0.4, 0.5) is 8.78 Å². The molecule has 0 heterocycles. The van der Waals surface area contributed by atoms with Crippen LogP contribution >= 0.6 is 0 Å².